The molecule has 1 aliphatic heterocycles. The van der Waals surface area contributed by atoms with Gasteiger partial charge in [-0.2, -0.15) is 0 Å². The van der Waals surface area contributed by atoms with E-state index in [1.54, 1.807) is 7.11 Å². The zero-order chi connectivity index (χ0) is 13.7. The summed E-state index contributed by atoms with van der Waals surface area (Å²) in [5.74, 6) is 0.629. The molecule has 1 heterocycles. The molecule has 0 saturated carbocycles. The molecular formula is C14H20N2O3. The van der Waals surface area contributed by atoms with Crippen molar-refractivity contribution in [3.8, 4) is 5.75 Å². The van der Waals surface area contributed by atoms with Crippen LogP contribution in [0.1, 0.15) is 13.3 Å². The molecule has 1 aromatic rings. The van der Waals surface area contributed by atoms with Crippen LogP contribution in [0.15, 0.2) is 24.3 Å². The number of hydrogen-bond acceptors (Lipinski definition) is 4. The number of carbonyl (C=O) groups excluding carboxylic acids is 1. The highest BCUT2D eigenvalue weighted by Gasteiger charge is 2.26. The monoisotopic (exact) mass is 264 g/mol. The van der Waals surface area contributed by atoms with Crippen LogP contribution in [0.3, 0.4) is 0 Å². The average molecular weight is 264 g/mol. The second-order valence-electron chi connectivity index (χ2n) is 4.67. The maximum atomic E-state index is 12.1. The minimum Gasteiger partial charge on any atom is -0.477 e. The third-order valence-electron chi connectivity index (χ3n) is 3.07. The van der Waals surface area contributed by atoms with Gasteiger partial charge >= 0.3 is 0 Å². The third-order valence-corrected chi connectivity index (χ3v) is 3.07. The first-order valence-corrected chi connectivity index (χ1v) is 6.49. The highest BCUT2D eigenvalue weighted by Crippen LogP contribution is 2.28. The number of nitrogens with one attached hydrogen (secondary N) is 2. The van der Waals surface area contributed by atoms with Gasteiger partial charge in [0, 0.05) is 19.8 Å². The molecule has 1 amide bonds. The lowest BCUT2D eigenvalue weighted by Crippen LogP contribution is -2.47. The molecule has 0 aromatic heterocycles. The van der Waals surface area contributed by atoms with Gasteiger partial charge in [0.2, 0.25) is 0 Å². The van der Waals surface area contributed by atoms with Gasteiger partial charge in [0.15, 0.2) is 6.10 Å². The van der Waals surface area contributed by atoms with Gasteiger partial charge in [-0.3, -0.25) is 4.79 Å². The van der Waals surface area contributed by atoms with E-state index in [1.165, 1.54) is 0 Å². The number of carbonyl (C=O) groups is 1. The molecule has 0 saturated heterocycles. The molecule has 1 aromatic carbocycles. The van der Waals surface area contributed by atoms with Crippen molar-refractivity contribution in [2.75, 3.05) is 25.6 Å². The molecule has 1 aliphatic rings. The third kappa shape index (κ3) is 3.61. The van der Waals surface area contributed by atoms with E-state index in [0.717, 1.165) is 17.9 Å². The van der Waals surface area contributed by atoms with Gasteiger partial charge in [0.1, 0.15) is 5.75 Å². The second kappa shape index (κ2) is 6.43. The summed E-state index contributed by atoms with van der Waals surface area (Å²) in [4.78, 5) is 12.1. The molecule has 2 rings (SSSR count). The number of ether oxygens (including phenoxy) is 2. The first-order valence-electron chi connectivity index (χ1n) is 6.49. The summed E-state index contributed by atoms with van der Waals surface area (Å²) in [7, 11) is 1.65. The molecular weight excluding hydrogens is 244 g/mol. The lowest BCUT2D eigenvalue weighted by Gasteiger charge is -2.27. The Kier molecular flexibility index (Phi) is 4.63. The van der Waals surface area contributed by atoms with Gasteiger partial charge in [-0.15, -0.1) is 0 Å². The van der Waals surface area contributed by atoms with Crippen LogP contribution >= 0.6 is 0 Å². The number of rotatable bonds is 5. The predicted molar refractivity (Wildman–Crippen MR) is 73.4 cm³/mol. The van der Waals surface area contributed by atoms with Crippen LogP contribution in [-0.4, -0.2) is 38.3 Å². The number of anilines is 1. The van der Waals surface area contributed by atoms with E-state index in [-0.39, 0.29) is 11.9 Å². The minimum atomic E-state index is -0.486. The molecule has 0 spiro atoms. The Morgan fingerprint density at radius 1 is 1.58 bits per heavy atom. The molecule has 0 fully saturated rings. The number of para-hydroxylation sites is 2. The van der Waals surface area contributed by atoms with Gasteiger partial charge in [-0.1, -0.05) is 12.1 Å². The van der Waals surface area contributed by atoms with Crippen LogP contribution in [0.25, 0.3) is 0 Å². The Hall–Kier alpha value is -1.75. The number of methoxy groups -OCH3 is 1. The Morgan fingerprint density at radius 2 is 2.37 bits per heavy atom. The molecule has 104 valence electrons. The fourth-order valence-electron chi connectivity index (χ4n) is 1.96. The van der Waals surface area contributed by atoms with Gasteiger partial charge in [-0.05, 0) is 25.5 Å². The van der Waals surface area contributed by atoms with E-state index in [2.05, 4.69) is 10.6 Å². The molecule has 5 nitrogen and oxygen atoms in total. The van der Waals surface area contributed by atoms with Crippen LogP contribution in [0.2, 0.25) is 0 Å². The lowest BCUT2D eigenvalue weighted by molar-refractivity contribution is -0.128. The van der Waals surface area contributed by atoms with Crippen molar-refractivity contribution < 1.29 is 14.3 Å². The summed E-state index contributed by atoms with van der Waals surface area (Å²) in [5.41, 5.74) is 0.930. The summed E-state index contributed by atoms with van der Waals surface area (Å²) in [5, 5.41) is 6.13. The molecule has 0 bridgehead atoms. The summed E-state index contributed by atoms with van der Waals surface area (Å²) < 4.78 is 10.7. The normalized spacial score (nSPS) is 18.7. The number of amides is 1. The van der Waals surface area contributed by atoms with E-state index in [9.17, 15) is 4.79 Å². The van der Waals surface area contributed by atoms with Crippen LogP contribution in [0, 0.1) is 0 Å². The van der Waals surface area contributed by atoms with Crippen molar-refractivity contribution in [2.24, 2.45) is 0 Å². The van der Waals surface area contributed by atoms with Crippen molar-refractivity contribution in [3.05, 3.63) is 24.3 Å². The van der Waals surface area contributed by atoms with Gasteiger partial charge < -0.3 is 20.1 Å². The van der Waals surface area contributed by atoms with Crippen molar-refractivity contribution >= 4 is 11.6 Å². The maximum absolute atomic E-state index is 12.1. The van der Waals surface area contributed by atoms with Gasteiger partial charge in [0.25, 0.3) is 5.91 Å². The standard InChI is InChI=1S/C14H20N2O3/c1-10(7-8-18-2)16-14(17)13-9-15-11-5-3-4-6-12(11)19-13/h3-6,10,13,15H,7-9H2,1-2H3,(H,16,17). The molecule has 5 heteroatoms. The highest BCUT2D eigenvalue weighted by atomic mass is 16.5. The smallest absolute Gasteiger partial charge is 0.263 e. The van der Waals surface area contributed by atoms with Gasteiger partial charge in [0.05, 0.1) is 12.2 Å². The van der Waals surface area contributed by atoms with Crippen LogP contribution in [0.5, 0.6) is 5.75 Å². The fourth-order valence-corrected chi connectivity index (χ4v) is 1.96. The number of benzene rings is 1. The predicted octanol–water partition coefficient (Wildman–Crippen LogP) is 1.40. The highest BCUT2D eigenvalue weighted by molar-refractivity contribution is 5.83. The van der Waals surface area contributed by atoms with E-state index in [1.807, 2.05) is 31.2 Å². The van der Waals surface area contributed by atoms with Crippen molar-refractivity contribution in [2.45, 2.75) is 25.5 Å². The Morgan fingerprint density at radius 3 is 3.16 bits per heavy atom. The summed E-state index contributed by atoms with van der Waals surface area (Å²) in [6.07, 6.45) is 0.304. The maximum Gasteiger partial charge on any atom is 0.263 e. The molecule has 2 unspecified atom stereocenters. The van der Waals surface area contributed by atoms with E-state index >= 15 is 0 Å². The van der Waals surface area contributed by atoms with Crippen molar-refractivity contribution in [3.63, 3.8) is 0 Å². The zero-order valence-electron chi connectivity index (χ0n) is 11.3. The van der Waals surface area contributed by atoms with E-state index in [4.69, 9.17) is 9.47 Å². The van der Waals surface area contributed by atoms with Crippen LogP contribution in [0.4, 0.5) is 5.69 Å². The van der Waals surface area contributed by atoms with E-state index in [0.29, 0.717) is 13.2 Å². The first kappa shape index (κ1) is 13.7. The van der Waals surface area contributed by atoms with Crippen molar-refractivity contribution in [1.29, 1.82) is 0 Å². The molecule has 19 heavy (non-hydrogen) atoms. The Bertz CT molecular complexity index is 436. The van der Waals surface area contributed by atoms with E-state index < -0.39 is 6.10 Å². The van der Waals surface area contributed by atoms with Crippen molar-refractivity contribution in [1.82, 2.24) is 5.32 Å². The molecule has 0 aliphatic carbocycles. The first-order chi connectivity index (χ1) is 9.20. The average Bonchev–Trinajstić information content (AvgIpc) is 2.44. The van der Waals surface area contributed by atoms with Crippen LogP contribution in [-0.2, 0) is 9.53 Å². The summed E-state index contributed by atoms with van der Waals surface area (Å²) in [6.45, 7) is 3.08. The Balaban J connectivity index is 1.88. The molecule has 2 atom stereocenters. The summed E-state index contributed by atoms with van der Waals surface area (Å²) >= 11 is 0. The quantitative estimate of drug-likeness (QED) is 0.844. The topological polar surface area (TPSA) is 59.6 Å². The SMILES string of the molecule is COCCC(C)NC(=O)C1CNc2ccccc2O1. The number of hydrogen-bond donors (Lipinski definition) is 2. The minimum absolute atomic E-state index is 0.0771. The summed E-state index contributed by atoms with van der Waals surface area (Å²) in [6, 6.07) is 7.69. The van der Waals surface area contributed by atoms with Crippen LogP contribution < -0.4 is 15.4 Å². The fraction of sp³-hybridized carbons (Fsp3) is 0.500. The van der Waals surface area contributed by atoms with Gasteiger partial charge in [-0.25, -0.2) is 0 Å². The molecule has 2 N–H and O–H groups in total. The lowest BCUT2D eigenvalue weighted by atomic mass is 10.2. The second-order valence-corrected chi connectivity index (χ2v) is 4.67. The Labute approximate surface area is 113 Å². The largest absolute Gasteiger partial charge is 0.477 e. The zero-order valence-corrected chi connectivity index (χ0v) is 11.3. The molecule has 0 radical (unpaired) electrons. The number of fused-ring (bicyclic) bond motifs is 1.